The molecule has 1 rings (SSSR count). The summed E-state index contributed by atoms with van der Waals surface area (Å²) < 4.78 is 11.3. The maximum atomic E-state index is 5.70. The average Bonchev–Trinajstić information content (AvgIpc) is 2.28. The second-order valence-corrected chi connectivity index (χ2v) is 5.27. The highest BCUT2D eigenvalue weighted by Crippen LogP contribution is 2.08. The molecule has 0 bridgehead atoms. The van der Waals surface area contributed by atoms with Crippen LogP contribution in [0.2, 0.25) is 0 Å². The van der Waals surface area contributed by atoms with Gasteiger partial charge in [0.2, 0.25) is 0 Å². The van der Waals surface area contributed by atoms with Crippen molar-refractivity contribution in [1.82, 2.24) is 10.2 Å². The van der Waals surface area contributed by atoms with Gasteiger partial charge in [-0.3, -0.25) is 4.90 Å². The fourth-order valence-corrected chi connectivity index (χ4v) is 1.95. The molecule has 0 aromatic rings. The third kappa shape index (κ3) is 6.36. The van der Waals surface area contributed by atoms with Gasteiger partial charge in [0.15, 0.2) is 0 Å². The Labute approximate surface area is 106 Å². The first-order valence-corrected chi connectivity index (χ1v) is 6.76. The molecule has 17 heavy (non-hydrogen) atoms. The third-order valence-corrected chi connectivity index (χ3v) is 3.00. The Bertz CT molecular complexity index is 198. The summed E-state index contributed by atoms with van der Waals surface area (Å²) in [5.41, 5.74) is 0. The molecule has 0 saturated carbocycles. The number of nitrogens with one attached hydrogen (secondary N) is 1. The first-order valence-electron chi connectivity index (χ1n) is 6.76. The average molecular weight is 244 g/mol. The van der Waals surface area contributed by atoms with Gasteiger partial charge < -0.3 is 14.8 Å². The van der Waals surface area contributed by atoms with Gasteiger partial charge in [-0.15, -0.1) is 0 Å². The molecule has 1 N–H and O–H groups in total. The molecule has 4 heteroatoms. The molecule has 102 valence electrons. The molecule has 0 spiro atoms. The van der Waals surface area contributed by atoms with Gasteiger partial charge in [0.25, 0.3) is 0 Å². The van der Waals surface area contributed by atoms with Crippen LogP contribution in [0.15, 0.2) is 0 Å². The Morgan fingerprint density at radius 1 is 1.35 bits per heavy atom. The summed E-state index contributed by atoms with van der Waals surface area (Å²) in [7, 11) is 0. The summed E-state index contributed by atoms with van der Waals surface area (Å²) in [6.45, 7) is 14.0. The molecule has 0 amide bonds. The van der Waals surface area contributed by atoms with Crippen LogP contribution in [0.4, 0.5) is 0 Å². The van der Waals surface area contributed by atoms with E-state index >= 15 is 0 Å². The van der Waals surface area contributed by atoms with E-state index in [0.29, 0.717) is 18.7 Å². The Hall–Kier alpha value is -0.160. The minimum absolute atomic E-state index is 0.241. The lowest BCUT2D eigenvalue weighted by molar-refractivity contribution is -0.0754. The summed E-state index contributed by atoms with van der Waals surface area (Å²) in [4.78, 5) is 2.45. The first kappa shape index (κ1) is 14.9. The van der Waals surface area contributed by atoms with Gasteiger partial charge >= 0.3 is 0 Å². The second-order valence-electron chi connectivity index (χ2n) is 5.27. The molecular formula is C13H28N2O2. The predicted molar refractivity (Wildman–Crippen MR) is 70.4 cm³/mol. The maximum absolute atomic E-state index is 5.70. The molecule has 1 fully saturated rings. The van der Waals surface area contributed by atoms with E-state index in [1.807, 2.05) is 0 Å². The van der Waals surface area contributed by atoms with Crippen LogP contribution in [-0.4, -0.2) is 62.5 Å². The summed E-state index contributed by atoms with van der Waals surface area (Å²) >= 11 is 0. The molecule has 0 aromatic carbocycles. The zero-order valence-corrected chi connectivity index (χ0v) is 11.7. The Balaban J connectivity index is 2.06. The van der Waals surface area contributed by atoms with Gasteiger partial charge in [-0.2, -0.15) is 0 Å². The fourth-order valence-electron chi connectivity index (χ4n) is 1.95. The zero-order chi connectivity index (χ0) is 12.7. The number of ether oxygens (including phenoxy) is 2. The van der Waals surface area contributed by atoms with Crippen LogP contribution in [-0.2, 0) is 9.47 Å². The fraction of sp³-hybridized carbons (Fsp3) is 1.00. The number of hydrogen-bond acceptors (Lipinski definition) is 4. The topological polar surface area (TPSA) is 33.7 Å². The van der Waals surface area contributed by atoms with Crippen LogP contribution >= 0.6 is 0 Å². The molecule has 1 atom stereocenters. The molecule has 1 saturated heterocycles. The first-order chi connectivity index (χ1) is 8.09. The van der Waals surface area contributed by atoms with Crippen molar-refractivity contribution in [2.24, 2.45) is 0 Å². The molecular weight excluding hydrogens is 216 g/mol. The summed E-state index contributed by atoms with van der Waals surface area (Å²) in [6.07, 6.45) is 0.241. The smallest absolute Gasteiger partial charge is 0.0935 e. The van der Waals surface area contributed by atoms with Gasteiger partial charge in [0, 0.05) is 31.7 Å². The van der Waals surface area contributed by atoms with E-state index in [1.165, 1.54) is 0 Å². The number of hydrogen-bond donors (Lipinski definition) is 1. The summed E-state index contributed by atoms with van der Waals surface area (Å²) in [5, 5.41) is 3.33. The standard InChI is InChI=1S/C13H28N2O2/c1-11(2)14-5-7-16-10-13-9-15(12(3)4)6-8-17-13/h11-14H,5-10H2,1-4H3. The highest BCUT2D eigenvalue weighted by Gasteiger charge is 2.21. The minimum Gasteiger partial charge on any atom is -0.377 e. The van der Waals surface area contributed by atoms with Gasteiger partial charge in [-0.25, -0.2) is 0 Å². The number of morpholine rings is 1. The summed E-state index contributed by atoms with van der Waals surface area (Å²) in [5.74, 6) is 0. The quantitative estimate of drug-likeness (QED) is 0.680. The highest BCUT2D eigenvalue weighted by molar-refractivity contribution is 4.73. The van der Waals surface area contributed by atoms with Gasteiger partial charge in [0.05, 0.1) is 25.9 Å². The van der Waals surface area contributed by atoms with Crippen molar-refractivity contribution < 1.29 is 9.47 Å². The zero-order valence-electron chi connectivity index (χ0n) is 11.7. The van der Waals surface area contributed by atoms with Crippen molar-refractivity contribution in [3.8, 4) is 0 Å². The van der Waals surface area contributed by atoms with Crippen molar-refractivity contribution in [1.29, 1.82) is 0 Å². The molecule has 1 aliphatic heterocycles. The van der Waals surface area contributed by atoms with Crippen molar-refractivity contribution in [2.75, 3.05) is 39.5 Å². The van der Waals surface area contributed by atoms with E-state index in [9.17, 15) is 0 Å². The van der Waals surface area contributed by atoms with Crippen LogP contribution in [0.25, 0.3) is 0 Å². The largest absolute Gasteiger partial charge is 0.377 e. The molecule has 4 nitrogen and oxygen atoms in total. The SMILES string of the molecule is CC(C)NCCOCC1CN(C(C)C)CCO1. The lowest BCUT2D eigenvalue weighted by Gasteiger charge is -2.35. The number of rotatable bonds is 7. The Kier molecular flexibility index (Phi) is 7.04. The molecule has 0 aromatic heterocycles. The summed E-state index contributed by atoms with van der Waals surface area (Å²) in [6, 6.07) is 1.13. The van der Waals surface area contributed by atoms with Gasteiger partial charge in [0.1, 0.15) is 0 Å². The van der Waals surface area contributed by atoms with Crippen LogP contribution < -0.4 is 5.32 Å². The Morgan fingerprint density at radius 2 is 2.12 bits per heavy atom. The lowest BCUT2D eigenvalue weighted by atomic mass is 10.2. The van der Waals surface area contributed by atoms with Gasteiger partial charge in [-0.1, -0.05) is 13.8 Å². The predicted octanol–water partition coefficient (Wildman–Crippen LogP) is 1.11. The molecule has 0 aliphatic carbocycles. The number of nitrogens with zero attached hydrogens (tertiary/aromatic N) is 1. The lowest BCUT2D eigenvalue weighted by Crippen LogP contribution is -2.47. The minimum atomic E-state index is 0.241. The van der Waals surface area contributed by atoms with E-state index in [4.69, 9.17) is 9.47 Å². The van der Waals surface area contributed by atoms with Crippen LogP contribution in [0.3, 0.4) is 0 Å². The van der Waals surface area contributed by atoms with E-state index in [-0.39, 0.29) is 6.10 Å². The van der Waals surface area contributed by atoms with Crippen molar-refractivity contribution in [3.63, 3.8) is 0 Å². The monoisotopic (exact) mass is 244 g/mol. The van der Waals surface area contributed by atoms with Crippen LogP contribution in [0, 0.1) is 0 Å². The van der Waals surface area contributed by atoms with E-state index < -0.39 is 0 Å². The molecule has 1 unspecified atom stereocenters. The van der Waals surface area contributed by atoms with Crippen molar-refractivity contribution in [2.45, 2.75) is 45.9 Å². The molecule has 1 heterocycles. The highest BCUT2D eigenvalue weighted by atomic mass is 16.5. The van der Waals surface area contributed by atoms with Crippen molar-refractivity contribution in [3.05, 3.63) is 0 Å². The molecule has 1 aliphatic rings. The van der Waals surface area contributed by atoms with Crippen LogP contribution in [0.5, 0.6) is 0 Å². The van der Waals surface area contributed by atoms with E-state index in [1.54, 1.807) is 0 Å². The van der Waals surface area contributed by atoms with Crippen molar-refractivity contribution >= 4 is 0 Å². The van der Waals surface area contributed by atoms with E-state index in [0.717, 1.165) is 32.8 Å². The van der Waals surface area contributed by atoms with Crippen LogP contribution in [0.1, 0.15) is 27.7 Å². The Morgan fingerprint density at radius 3 is 2.76 bits per heavy atom. The normalized spacial score (nSPS) is 22.6. The van der Waals surface area contributed by atoms with E-state index in [2.05, 4.69) is 37.9 Å². The van der Waals surface area contributed by atoms with Gasteiger partial charge in [-0.05, 0) is 13.8 Å². The maximum Gasteiger partial charge on any atom is 0.0935 e. The third-order valence-electron chi connectivity index (χ3n) is 3.00. The second kappa shape index (κ2) is 8.03. The molecule has 0 radical (unpaired) electrons.